The number of benzene rings is 3. The summed E-state index contributed by atoms with van der Waals surface area (Å²) < 4.78 is 33.4. The molecule has 4 rings (SSSR count). The van der Waals surface area contributed by atoms with E-state index in [0.717, 1.165) is 16.7 Å². The number of hydrogen-bond donors (Lipinski definition) is 2. The third kappa shape index (κ3) is 5.64. The molecule has 0 spiro atoms. The molecule has 2 N–H and O–H groups in total. The van der Waals surface area contributed by atoms with Gasteiger partial charge in [-0.05, 0) is 60.4 Å². The average Bonchev–Trinajstić information content (AvgIpc) is 2.85. The molecule has 0 saturated carbocycles. The summed E-state index contributed by atoms with van der Waals surface area (Å²) in [4.78, 5) is 12.7. The minimum Gasteiger partial charge on any atom is -0.491 e. The van der Waals surface area contributed by atoms with Crippen molar-refractivity contribution in [2.75, 3.05) is 19.7 Å². The molecule has 7 nitrogen and oxygen atoms in total. The number of sulfonamides is 1. The van der Waals surface area contributed by atoms with Crippen molar-refractivity contribution in [2.24, 2.45) is 0 Å². The first-order valence-corrected chi connectivity index (χ1v) is 12.6. The smallest absolute Gasteiger partial charge is 0.251 e. The van der Waals surface area contributed by atoms with Crippen LogP contribution in [0.3, 0.4) is 0 Å². The number of carbonyl (C=O) groups is 1. The van der Waals surface area contributed by atoms with Crippen LogP contribution in [-0.2, 0) is 23.0 Å². The number of nitrogens with one attached hydrogen (secondary N) is 1. The van der Waals surface area contributed by atoms with Crippen LogP contribution in [0.2, 0.25) is 0 Å². The predicted molar refractivity (Wildman–Crippen MR) is 129 cm³/mol. The molecule has 1 unspecified atom stereocenters. The monoisotopic (exact) mass is 480 g/mol. The van der Waals surface area contributed by atoms with Gasteiger partial charge in [-0.1, -0.05) is 42.5 Å². The van der Waals surface area contributed by atoms with Crippen LogP contribution in [0.25, 0.3) is 0 Å². The summed E-state index contributed by atoms with van der Waals surface area (Å²) in [7, 11) is -3.75. The first kappa shape index (κ1) is 23.9. The summed E-state index contributed by atoms with van der Waals surface area (Å²) in [6.07, 6.45) is -0.261. The number of fused-ring (bicyclic) bond motifs is 1. The fourth-order valence-corrected chi connectivity index (χ4v) is 5.36. The summed E-state index contributed by atoms with van der Waals surface area (Å²) in [6, 6.07) is 21.3. The molecule has 3 aromatic carbocycles. The lowest BCUT2D eigenvalue weighted by molar-refractivity contribution is 0.0843. The van der Waals surface area contributed by atoms with E-state index in [2.05, 4.69) is 5.32 Å². The van der Waals surface area contributed by atoms with E-state index in [-0.39, 0.29) is 23.6 Å². The molecule has 0 fully saturated rings. The van der Waals surface area contributed by atoms with Crippen LogP contribution >= 0.6 is 0 Å². The fraction of sp³-hybridized carbons (Fsp3) is 0.269. The molecule has 1 heterocycles. The van der Waals surface area contributed by atoms with Crippen LogP contribution in [0.5, 0.6) is 5.75 Å². The quantitative estimate of drug-likeness (QED) is 0.517. The SMILES string of the molecule is Cc1cccc(OCC(O)CNC(=O)c2cccc(S(=O)(=O)N3CCc4ccccc4C3)c2)c1. The lowest BCUT2D eigenvalue weighted by Crippen LogP contribution is -2.36. The Hall–Kier alpha value is -3.20. The Morgan fingerprint density at radius 1 is 1.06 bits per heavy atom. The highest BCUT2D eigenvalue weighted by molar-refractivity contribution is 7.89. The highest BCUT2D eigenvalue weighted by Crippen LogP contribution is 2.25. The lowest BCUT2D eigenvalue weighted by atomic mass is 10.0. The van der Waals surface area contributed by atoms with Crippen molar-refractivity contribution in [1.82, 2.24) is 9.62 Å². The van der Waals surface area contributed by atoms with Crippen LogP contribution < -0.4 is 10.1 Å². The summed E-state index contributed by atoms with van der Waals surface area (Å²) in [5.74, 6) is 0.180. The molecule has 0 aliphatic carbocycles. The Morgan fingerprint density at radius 2 is 1.82 bits per heavy atom. The van der Waals surface area contributed by atoms with Crippen LogP contribution in [0.15, 0.2) is 77.7 Å². The van der Waals surface area contributed by atoms with Crippen molar-refractivity contribution in [3.05, 3.63) is 95.1 Å². The van der Waals surface area contributed by atoms with E-state index in [0.29, 0.717) is 25.3 Å². The van der Waals surface area contributed by atoms with Gasteiger partial charge in [0.25, 0.3) is 5.91 Å². The number of nitrogens with zero attached hydrogens (tertiary/aromatic N) is 1. The van der Waals surface area contributed by atoms with Gasteiger partial charge in [-0.25, -0.2) is 8.42 Å². The van der Waals surface area contributed by atoms with Gasteiger partial charge >= 0.3 is 0 Å². The summed E-state index contributed by atoms with van der Waals surface area (Å²) in [6.45, 7) is 2.64. The number of carbonyl (C=O) groups excluding carboxylic acids is 1. The number of aliphatic hydroxyl groups is 1. The molecule has 0 saturated heterocycles. The topological polar surface area (TPSA) is 95.9 Å². The standard InChI is InChI=1S/C26H28N2O5S/c1-19-6-4-10-24(14-19)33-18-23(29)16-27-26(30)21-9-5-11-25(15-21)34(31,32)28-13-12-20-7-2-3-8-22(20)17-28/h2-11,14-15,23,29H,12-13,16-18H2,1H3,(H,27,30). The van der Waals surface area contributed by atoms with Gasteiger partial charge < -0.3 is 15.2 Å². The molecule has 1 aliphatic heterocycles. The van der Waals surface area contributed by atoms with Gasteiger partial charge in [-0.15, -0.1) is 0 Å². The zero-order valence-corrected chi connectivity index (χ0v) is 19.8. The van der Waals surface area contributed by atoms with E-state index >= 15 is 0 Å². The molecule has 0 radical (unpaired) electrons. The molecule has 8 heteroatoms. The molecule has 0 bridgehead atoms. The van der Waals surface area contributed by atoms with Gasteiger partial charge in [-0.3, -0.25) is 4.79 Å². The summed E-state index contributed by atoms with van der Waals surface area (Å²) in [5, 5.41) is 12.8. The van der Waals surface area contributed by atoms with Crippen LogP contribution in [-0.4, -0.2) is 49.5 Å². The van der Waals surface area contributed by atoms with Gasteiger partial charge in [0.2, 0.25) is 10.0 Å². The van der Waals surface area contributed by atoms with Crippen LogP contribution in [0, 0.1) is 6.92 Å². The highest BCUT2D eigenvalue weighted by Gasteiger charge is 2.28. The van der Waals surface area contributed by atoms with E-state index in [1.54, 1.807) is 18.2 Å². The highest BCUT2D eigenvalue weighted by atomic mass is 32.2. The Labute approximate surface area is 200 Å². The number of rotatable bonds is 8. The fourth-order valence-electron chi connectivity index (χ4n) is 3.89. The van der Waals surface area contributed by atoms with Gasteiger partial charge in [0.05, 0.1) is 4.90 Å². The number of ether oxygens (including phenoxy) is 1. The zero-order chi connectivity index (χ0) is 24.1. The van der Waals surface area contributed by atoms with Crippen molar-refractivity contribution >= 4 is 15.9 Å². The number of aryl methyl sites for hydroxylation is 1. The van der Waals surface area contributed by atoms with E-state index in [4.69, 9.17) is 4.74 Å². The minimum atomic E-state index is -3.75. The number of aliphatic hydroxyl groups excluding tert-OH is 1. The van der Waals surface area contributed by atoms with Gasteiger partial charge in [0.1, 0.15) is 18.5 Å². The average molecular weight is 481 g/mol. The Kier molecular flexibility index (Phi) is 7.31. The van der Waals surface area contributed by atoms with Crippen molar-refractivity contribution in [3.63, 3.8) is 0 Å². The molecule has 1 aliphatic rings. The Bertz CT molecular complexity index is 1280. The number of hydrogen-bond acceptors (Lipinski definition) is 5. The Balaban J connectivity index is 1.36. The molecular weight excluding hydrogens is 452 g/mol. The van der Waals surface area contributed by atoms with Gasteiger partial charge in [-0.2, -0.15) is 4.31 Å². The summed E-state index contributed by atoms with van der Waals surface area (Å²) >= 11 is 0. The lowest BCUT2D eigenvalue weighted by Gasteiger charge is -2.28. The molecule has 0 aromatic heterocycles. The van der Waals surface area contributed by atoms with E-state index in [1.165, 1.54) is 16.4 Å². The second-order valence-electron chi connectivity index (χ2n) is 8.38. The van der Waals surface area contributed by atoms with E-state index in [1.807, 2.05) is 49.4 Å². The van der Waals surface area contributed by atoms with Crippen LogP contribution in [0.1, 0.15) is 27.0 Å². The molecule has 1 atom stereocenters. The third-order valence-electron chi connectivity index (χ3n) is 5.76. The van der Waals surface area contributed by atoms with Gasteiger partial charge in [0, 0.05) is 25.2 Å². The Morgan fingerprint density at radius 3 is 2.62 bits per heavy atom. The molecule has 1 amide bonds. The maximum Gasteiger partial charge on any atom is 0.251 e. The third-order valence-corrected chi connectivity index (χ3v) is 7.60. The summed E-state index contributed by atoms with van der Waals surface area (Å²) in [5.41, 5.74) is 3.41. The maximum atomic E-state index is 13.2. The molecule has 178 valence electrons. The molecule has 3 aromatic rings. The first-order valence-electron chi connectivity index (χ1n) is 11.2. The van der Waals surface area contributed by atoms with E-state index in [9.17, 15) is 18.3 Å². The molecular formula is C26H28N2O5S. The second-order valence-corrected chi connectivity index (χ2v) is 10.3. The van der Waals surface area contributed by atoms with Crippen molar-refractivity contribution < 1.29 is 23.1 Å². The minimum absolute atomic E-state index is 0.0224. The zero-order valence-electron chi connectivity index (χ0n) is 19.0. The van der Waals surface area contributed by atoms with Crippen molar-refractivity contribution in [2.45, 2.75) is 30.9 Å². The maximum absolute atomic E-state index is 13.2. The number of amides is 1. The van der Waals surface area contributed by atoms with Gasteiger partial charge in [0.15, 0.2) is 0 Å². The van der Waals surface area contributed by atoms with Crippen molar-refractivity contribution in [1.29, 1.82) is 0 Å². The van der Waals surface area contributed by atoms with E-state index < -0.39 is 22.0 Å². The largest absolute Gasteiger partial charge is 0.491 e. The normalized spacial score (nSPS) is 14.8. The first-order chi connectivity index (χ1) is 16.3. The van der Waals surface area contributed by atoms with Crippen molar-refractivity contribution in [3.8, 4) is 5.75 Å². The second kappa shape index (κ2) is 10.4. The molecule has 34 heavy (non-hydrogen) atoms. The predicted octanol–water partition coefficient (Wildman–Crippen LogP) is 2.91. The van der Waals surface area contributed by atoms with Crippen LogP contribution in [0.4, 0.5) is 0 Å².